The number of amides is 3. The molecule has 1 fully saturated rings. The fourth-order valence-electron chi connectivity index (χ4n) is 5.23. The van der Waals surface area contributed by atoms with Gasteiger partial charge in [0.2, 0.25) is 0 Å². The number of pyridine rings is 1. The SMILES string of the molecule is Cc1ccc(C(=O)N2CCC(c3ccc(C(=O)N(C)Cc4ccccc4)cc3)CC2)cc1NC(=O)c1ccncc1. The third-order valence-electron chi connectivity index (χ3n) is 7.70. The average molecular weight is 547 g/mol. The molecular formula is C34H34N4O3. The van der Waals surface area contributed by atoms with Crippen LogP contribution in [0.25, 0.3) is 0 Å². The largest absolute Gasteiger partial charge is 0.339 e. The Labute approximate surface area is 240 Å². The average Bonchev–Trinajstić information content (AvgIpc) is 3.02. The lowest BCUT2D eigenvalue weighted by molar-refractivity contribution is 0.0711. The number of nitrogens with zero attached hydrogens (tertiary/aromatic N) is 3. The Morgan fingerprint density at radius 2 is 1.51 bits per heavy atom. The minimum atomic E-state index is -0.239. The zero-order valence-electron chi connectivity index (χ0n) is 23.4. The molecule has 0 radical (unpaired) electrons. The molecule has 4 aromatic rings. The van der Waals surface area contributed by atoms with Crippen molar-refractivity contribution < 1.29 is 14.4 Å². The van der Waals surface area contributed by atoms with Crippen molar-refractivity contribution >= 4 is 23.4 Å². The molecule has 1 aromatic heterocycles. The Hall–Kier alpha value is -4.78. The third-order valence-corrected chi connectivity index (χ3v) is 7.70. The lowest BCUT2D eigenvalue weighted by Gasteiger charge is -2.32. The number of anilines is 1. The Balaban J connectivity index is 1.17. The molecule has 0 bridgehead atoms. The maximum atomic E-state index is 13.3. The van der Waals surface area contributed by atoms with Crippen LogP contribution in [0.2, 0.25) is 0 Å². The predicted molar refractivity (Wildman–Crippen MR) is 160 cm³/mol. The highest BCUT2D eigenvalue weighted by molar-refractivity contribution is 6.05. The molecule has 0 spiro atoms. The number of hydrogen-bond donors (Lipinski definition) is 1. The van der Waals surface area contributed by atoms with E-state index < -0.39 is 0 Å². The Kier molecular flexibility index (Phi) is 8.53. The monoisotopic (exact) mass is 546 g/mol. The molecular weight excluding hydrogens is 512 g/mol. The molecule has 208 valence electrons. The van der Waals surface area contributed by atoms with Crippen LogP contribution in [0.1, 0.15) is 66.5 Å². The third kappa shape index (κ3) is 6.69. The molecule has 1 aliphatic heterocycles. The number of benzene rings is 3. The maximum absolute atomic E-state index is 13.3. The van der Waals surface area contributed by atoms with E-state index in [1.54, 1.807) is 35.5 Å². The highest BCUT2D eigenvalue weighted by Crippen LogP contribution is 2.30. The van der Waals surface area contributed by atoms with Crippen LogP contribution in [0.15, 0.2) is 97.3 Å². The van der Waals surface area contributed by atoms with Gasteiger partial charge in [0.25, 0.3) is 17.7 Å². The second-order valence-corrected chi connectivity index (χ2v) is 10.6. The van der Waals surface area contributed by atoms with Gasteiger partial charge in [-0.1, -0.05) is 48.5 Å². The second-order valence-electron chi connectivity index (χ2n) is 10.6. The summed E-state index contributed by atoms with van der Waals surface area (Å²) in [7, 11) is 1.82. The molecule has 2 heterocycles. The van der Waals surface area contributed by atoms with Gasteiger partial charge in [-0.15, -0.1) is 0 Å². The summed E-state index contributed by atoms with van der Waals surface area (Å²) in [6.07, 6.45) is 4.85. The minimum absolute atomic E-state index is 0.00440. The first-order valence-electron chi connectivity index (χ1n) is 13.9. The van der Waals surface area contributed by atoms with Gasteiger partial charge in [-0.3, -0.25) is 19.4 Å². The number of piperidine rings is 1. The van der Waals surface area contributed by atoms with Crippen LogP contribution in [0.5, 0.6) is 0 Å². The Morgan fingerprint density at radius 1 is 0.854 bits per heavy atom. The van der Waals surface area contributed by atoms with Gasteiger partial charge in [-0.2, -0.15) is 0 Å². The smallest absolute Gasteiger partial charge is 0.255 e. The normalized spacial score (nSPS) is 13.5. The van der Waals surface area contributed by atoms with Gasteiger partial charge in [-0.05, 0) is 78.8 Å². The van der Waals surface area contributed by atoms with Crippen molar-refractivity contribution in [2.45, 2.75) is 32.2 Å². The molecule has 3 amide bonds. The van der Waals surface area contributed by atoms with Gasteiger partial charge >= 0.3 is 0 Å². The molecule has 1 N–H and O–H groups in total. The summed E-state index contributed by atoms with van der Waals surface area (Å²) in [5.41, 5.74) is 5.53. The number of carbonyl (C=O) groups is 3. The zero-order valence-corrected chi connectivity index (χ0v) is 23.4. The molecule has 0 unspecified atom stereocenters. The van der Waals surface area contributed by atoms with Gasteiger partial charge in [0.05, 0.1) is 0 Å². The van der Waals surface area contributed by atoms with Crippen LogP contribution in [0.3, 0.4) is 0 Å². The number of aryl methyl sites for hydroxylation is 1. The highest BCUT2D eigenvalue weighted by atomic mass is 16.2. The van der Waals surface area contributed by atoms with E-state index >= 15 is 0 Å². The van der Waals surface area contributed by atoms with Gasteiger partial charge < -0.3 is 15.1 Å². The summed E-state index contributed by atoms with van der Waals surface area (Å²) in [6.45, 7) is 3.77. The summed E-state index contributed by atoms with van der Waals surface area (Å²) in [4.78, 5) is 46.5. The van der Waals surface area contributed by atoms with E-state index in [1.165, 1.54) is 5.56 Å². The van der Waals surface area contributed by atoms with Crippen molar-refractivity contribution in [3.63, 3.8) is 0 Å². The van der Waals surface area contributed by atoms with E-state index in [9.17, 15) is 14.4 Å². The molecule has 0 aliphatic carbocycles. The Bertz CT molecular complexity index is 1510. The van der Waals surface area contributed by atoms with Crippen LogP contribution >= 0.6 is 0 Å². The van der Waals surface area contributed by atoms with Crippen molar-refractivity contribution in [3.05, 3.63) is 131 Å². The van der Waals surface area contributed by atoms with E-state index in [4.69, 9.17) is 0 Å². The quantitative estimate of drug-likeness (QED) is 0.311. The summed E-state index contributed by atoms with van der Waals surface area (Å²) in [6, 6.07) is 26.6. The first-order valence-corrected chi connectivity index (χ1v) is 13.9. The molecule has 1 aliphatic rings. The summed E-state index contributed by atoms with van der Waals surface area (Å²) < 4.78 is 0. The van der Waals surface area contributed by atoms with Crippen molar-refractivity contribution in [1.29, 1.82) is 0 Å². The van der Waals surface area contributed by atoms with Crippen LogP contribution in [0, 0.1) is 6.92 Å². The second kappa shape index (κ2) is 12.6. The zero-order chi connectivity index (χ0) is 28.8. The summed E-state index contributed by atoms with van der Waals surface area (Å²) in [5, 5.41) is 2.92. The van der Waals surface area contributed by atoms with Gasteiger partial charge in [0.1, 0.15) is 0 Å². The van der Waals surface area contributed by atoms with Crippen molar-refractivity contribution in [2.75, 3.05) is 25.5 Å². The summed E-state index contributed by atoms with van der Waals surface area (Å²) >= 11 is 0. The van der Waals surface area contributed by atoms with Crippen LogP contribution in [-0.4, -0.2) is 52.6 Å². The number of likely N-dealkylation sites (tertiary alicyclic amines) is 1. The van der Waals surface area contributed by atoms with Crippen LogP contribution in [0.4, 0.5) is 5.69 Å². The number of aromatic nitrogens is 1. The van der Waals surface area contributed by atoms with E-state index in [0.29, 0.717) is 47.9 Å². The Morgan fingerprint density at radius 3 is 2.20 bits per heavy atom. The predicted octanol–water partition coefficient (Wildman–Crippen LogP) is 5.93. The van der Waals surface area contributed by atoms with E-state index in [0.717, 1.165) is 24.0 Å². The van der Waals surface area contributed by atoms with Crippen LogP contribution < -0.4 is 5.32 Å². The highest BCUT2D eigenvalue weighted by Gasteiger charge is 2.25. The first-order chi connectivity index (χ1) is 19.9. The van der Waals surface area contributed by atoms with Gasteiger partial charge in [-0.25, -0.2) is 0 Å². The fraction of sp³-hybridized carbons (Fsp3) is 0.235. The molecule has 0 saturated carbocycles. The fourth-order valence-corrected chi connectivity index (χ4v) is 5.23. The van der Waals surface area contributed by atoms with Gasteiger partial charge in [0.15, 0.2) is 0 Å². The standard InChI is InChI=1S/C34H34N4O3/c1-24-8-9-30(22-31(24)36-32(39)28-14-18-35-19-15-28)34(41)38-20-16-27(17-21-38)26-10-12-29(13-11-26)33(40)37(2)23-25-6-4-3-5-7-25/h3-15,18-19,22,27H,16-17,20-21,23H2,1-2H3,(H,36,39). The van der Waals surface area contributed by atoms with Crippen LogP contribution in [-0.2, 0) is 6.54 Å². The lowest BCUT2D eigenvalue weighted by Crippen LogP contribution is -2.38. The molecule has 3 aromatic carbocycles. The van der Waals surface area contributed by atoms with Crippen molar-refractivity contribution in [3.8, 4) is 0 Å². The first kappa shape index (κ1) is 27.8. The molecule has 7 nitrogen and oxygen atoms in total. The van der Waals surface area contributed by atoms with E-state index in [2.05, 4.69) is 10.3 Å². The minimum Gasteiger partial charge on any atom is -0.339 e. The molecule has 5 rings (SSSR count). The number of nitrogens with one attached hydrogen (secondary N) is 1. The van der Waals surface area contributed by atoms with Crippen molar-refractivity contribution in [1.82, 2.24) is 14.8 Å². The van der Waals surface area contributed by atoms with E-state index in [-0.39, 0.29) is 17.7 Å². The topological polar surface area (TPSA) is 82.6 Å². The molecule has 7 heteroatoms. The van der Waals surface area contributed by atoms with E-state index in [1.807, 2.05) is 85.6 Å². The maximum Gasteiger partial charge on any atom is 0.255 e. The molecule has 41 heavy (non-hydrogen) atoms. The lowest BCUT2D eigenvalue weighted by atomic mass is 9.88. The number of carbonyl (C=O) groups excluding carboxylic acids is 3. The molecule has 1 saturated heterocycles. The number of hydrogen-bond acceptors (Lipinski definition) is 4. The summed E-state index contributed by atoms with van der Waals surface area (Å²) in [5.74, 6) is 0.0514. The van der Waals surface area contributed by atoms with Crippen molar-refractivity contribution in [2.24, 2.45) is 0 Å². The van der Waals surface area contributed by atoms with Gasteiger partial charge in [0, 0.05) is 61.5 Å². The number of rotatable bonds is 7. The molecule has 0 atom stereocenters.